The number of ether oxygens (including phenoxy) is 1. The Kier molecular flexibility index (Phi) is 9.06. The number of hydrogen-bond acceptors (Lipinski definition) is 4. The number of carbonyl (C=O) groups excluding carboxylic acids is 1. The van der Waals surface area contributed by atoms with Crippen molar-refractivity contribution in [2.45, 2.75) is 83.3 Å². The molecule has 0 amide bonds. The van der Waals surface area contributed by atoms with Gasteiger partial charge in [-0.3, -0.25) is 4.79 Å². The Bertz CT molecular complexity index is 778. The molecule has 1 fully saturated rings. The summed E-state index contributed by atoms with van der Waals surface area (Å²) in [7, 11) is 0. The standard InChI is InChI=1S/C27H37FO4/c1-18(2)32-27(31)12-6-4-3-5-11-23-22(24(28)17-26(23)30)13-14-25(29)21-15-19-9-7-8-10-20(19)16-21/h3,5,7-10,13-14,18,21-26,29-30H,4,6,11-12,15-17H2,1-2H3/t22-,23-,24+,25?,26+/m1/s1. The minimum Gasteiger partial charge on any atom is -0.463 e. The first-order valence-electron chi connectivity index (χ1n) is 11.9. The summed E-state index contributed by atoms with van der Waals surface area (Å²) in [5, 5.41) is 21.0. The van der Waals surface area contributed by atoms with Crippen molar-refractivity contribution in [3.63, 3.8) is 0 Å². The van der Waals surface area contributed by atoms with Gasteiger partial charge >= 0.3 is 5.97 Å². The number of unbranched alkanes of at least 4 members (excludes halogenated alkanes) is 1. The molecule has 1 aromatic carbocycles. The number of benzene rings is 1. The molecule has 0 saturated heterocycles. The first-order valence-corrected chi connectivity index (χ1v) is 11.9. The van der Waals surface area contributed by atoms with Crippen molar-refractivity contribution in [3.05, 3.63) is 59.7 Å². The van der Waals surface area contributed by atoms with Crippen LogP contribution in [-0.4, -0.2) is 40.7 Å². The molecule has 0 spiro atoms. The molecule has 4 nitrogen and oxygen atoms in total. The van der Waals surface area contributed by atoms with Crippen LogP contribution in [0.2, 0.25) is 0 Å². The van der Waals surface area contributed by atoms with Crippen LogP contribution in [-0.2, 0) is 22.4 Å². The largest absolute Gasteiger partial charge is 0.463 e. The van der Waals surface area contributed by atoms with Crippen molar-refractivity contribution in [2.75, 3.05) is 0 Å². The zero-order valence-electron chi connectivity index (χ0n) is 19.2. The molecule has 2 aliphatic rings. The van der Waals surface area contributed by atoms with Crippen molar-refractivity contribution < 1.29 is 24.1 Å². The monoisotopic (exact) mass is 444 g/mol. The summed E-state index contributed by atoms with van der Waals surface area (Å²) in [6.45, 7) is 3.67. The van der Waals surface area contributed by atoms with Crippen LogP contribution in [0.3, 0.4) is 0 Å². The van der Waals surface area contributed by atoms with Gasteiger partial charge < -0.3 is 14.9 Å². The van der Waals surface area contributed by atoms with E-state index in [0.29, 0.717) is 19.3 Å². The Labute approximate surface area is 191 Å². The molecule has 176 valence electrons. The first kappa shape index (κ1) is 24.7. The Morgan fingerprint density at radius 2 is 1.91 bits per heavy atom. The highest BCUT2D eigenvalue weighted by Crippen LogP contribution is 2.38. The molecule has 5 heteroatoms. The summed E-state index contributed by atoms with van der Waals surface area (Å²) in [6, 6.07) is 8.25. The van der Waals surface area contributed by atoms with Gasteiger partial charge in [0.05, 0.1) is 18.3 Å². The van der Waals surface area contributed by atoms with Crippen molar-refractivity contribution in [1.29, 1.82) is 0 Å². The average molecular weight is 445 g/mol. The van der Waals surface area contributed by atoms with Gasteiger partial charge in [-0.1, -0.05) is 48.6 Å². The van der Waals surface area contributed by atoms with Crippen molar-refractivity contribution >= 4 is 5.97 Å². The van der Waals surface area contributed by atoms with Crippen molar-refractivity contribution in [2.24, 2.45) is 17.8 Å². The van der Waals surface area contributed by atoms with Crippen LogP contribution in [0.5, 0.6) is 0 Å². The lowest BCUT2D eigenvalue weighted by atomic mass is 9.89. The maximum Gasteiger partial charge on any atom is 0.306 e. The number of rotatable bonds is 10. The molecule has 0 aromatic heterocycles. The van der Waals surface area contributed by atoms with Gasteiger partial charge in [0.25, 0.3) is 0 Å². The van der Waals surface area contributed by atoms with Gasteiger partial charge in [-0.2, -0.15) is 0 Å². The lowest BCUT2D eigenvalue weighted by molar-refractivity contribution is -0.147. The van der Waals surface area contributed by atoms with E-state index in [-0.39, 0.29) is 30.3 Å². The second-order valence-corrected chi connectivity index (χ2v) is 9.51. The maximum absolute atomic E-state index is 14.6. The second-order valence-electron chi connectivity index (χ2n) is 9.51. The smallest absolute Gasteiger partial charge is 0.306 e. The van der Waals surface area contributed by atoms with E-state index in [1.54, 1.807) is 12.2 Å². The fourth-order valence-electron chi connectivity index (χ4n) is 4.96. The summed E-state index contributed by atoms with van der Waals surface area (Å²) in [6.07, 6.45) is 9.24. The minimum atomic E-state index is -1.10. The van der Waals surface area contributed by atoms with Crippen molar-refractivity contribution in [1.82, 2.24) is 0 Å². The van der Waals surface area contributed by atoms with Crippen molar-refractivity contribution in [3.8, 4) is 0 Å². The molecular formula is C27H37FO4. The van der Waals surface area contributed by atoms with E-state index < -0.39 is 24.3 Å². The second kappa shape index (κ2) is 11.8. The van der Waals surface area contributed by atoms with Crippen LogP contribution >= 0.6 is 0 Å². The Morgan fingerprint density at radius 1 is 1.22 bits per heavy atom. The number of fused-ring (bicyclic) bond motifs is 1. The van der Waals surface area contributed by atoms with Crippen LogP contribution in [0.15, 0.2) is 48.6 Å². The lowest BCUT2D eigenvalue weighted by Gasteiger charge is -2.20. The lowest BCUT2D eigenvalue weighted by Crippen LogP contribution is -2.21. The van der Waals surface area contributed by atoms with E-state index in [9.17, 15) is 19.4 Å². The quantitative estimate of drug-likeness (QED) is 0.311. The Morgan fingerprint density at radius 3 is 2.56 bits per heavy atom. The molecule has 32 heavy (non-hydrogen) atoms. The van der Waals surface area contributed by atoms with Gasteiger partial charge in [0, 0.05) is 18.8 Å². The summed E-state index contributed by atoms with van der Waals surface area (Å²) in [5.41, 5.74) is 2.56. The summed E-state index contributed by atoms with van der Waals surface area (Å²) in [4.78, 5) is 11.6. The average Bonchev–Trinajstić information content (AvgIpc) is 3.29. The fourth-order valence-corrected chi connectivity index (χ4v) is 4.96. The fraction of sp³-hybridized carbons (Fsp3) is 0.593. The molecule has 5 atom stereocenters. The summed E-state index contributed by atoms with van der Waals surface area (Å²) < 4.78 is 19.7. The van der Waals surface area contributed by atoms with Gasteiger partial charge in [-0.15, -0.1) is 0 Å². The molecule has 0 heterocycles. The third kappa shape index (κ3) is 6.76. The third-order valence-electron chi connectivity index (χ3n) is 6.66. The molecule has 1 saturated carbocycles. The molecule has 0 bridgehead atoms. The molecule has 1 aromatic rings. The first-order chi connectivity index (χ1) is 15.3. The molecule has 2 N–H and O–H groups in total. The van der Waals surface area contributed by atoms with E-state index >= 15 is 0 Å². The number of allylic oxidation sites excluding steroid dienone is 3. The molecule has 3 rings (SSSR count). The number of halogens is 1. The van der Waals surface area contributed by atoms with E-state index in [4.69, 9.17) is 4.74 Å². The third-order valence-corrected chi connectivity index (χ3v) is 6.66. The van der Waals surface area contributed by atoms with E-state index in [2.05, 4.69) is 12.1 Å². The predicted molar refractivity (Wildman–Crippen MR) is 124 cm³/mol. The van der Waals surface area contributed by atoms with Crippen LogP contribution in [0.4, 0.5) is 4.39 Å². The minimum absolute atomic E-state index is 0.0944. The van der Waals surface area contributed by atoms with Crippen LogP contribution in [0.1, 0.15) is 57.1 Å². The number of esters is 1. The maximum atomic E-state index is 14.6. The van der Waals surface area contributed by atoms with Gasteiger partial charge in [0.15, 0.2) is 0 Å². The number of aliphatic hydroxyl groups is 2. The highest BCUT2D eigenvalue weighted by molar-refractivity contribution is 5.69. The molecule has 1 unspecified atom stereocenters. The SMILES string of the molecule is CC(C)OC(=O)CCCC=CC[C@@H]1[C@@H](C=CC(O)C2Cc3ccccc3C2)[C@@H](F)C[C@@H]1O. The molecule has 0 radical (unpaired) electrons. The molecule has 2 aliphatic carbocycles. The predicted octanol–water partition coefficient (Wildman–Crippen LogP) is 4.72. The van der Waals surface area contributed by atoms with Gasteiger partial charge in [0.1, 0.15) is 6.17 Å². The normalized spacial score (nSPS) is 26.9. The van der Waals surface area contributed by atoms with Gasteiger partial charge in [-0.25, -0.2) is 4.39 Å². The Balaban J connectivity index is 1.47. The van der Waals surface area contributed by atoms with Crippen LogP contribution in [0.25, 0.3) is 0 Å². The van der Waals surface area contributed by atoms with Gasteiger partial charge in [0.2, 0.25) is 0 Å². The van der Waals surface area contributed by atoms with Gasteiger partial charge in [-0.05, 0) is 68.9 Å². The van der Waals surface area contributed by atoms with E-state index in [1.807, 2.05) is 38.1 Å². The number of hydrogen-bond donors (Lipinski definition) is 2. The topological polar surface area (TPSA) is 66.8 Å². The summed E-state index contributed by atoms with van der Waals surface area (Å²) in [5.74, 6) is -0.659. The highest BCUT2D eigenvalue weighted by Gasteiger charge is 2.40. The van der Waals surface area contributed by atoms with E-state index in [0.717, 1.165) is 19.3 Å². The highest BCUT2D eigenvalue weighted by atomic mass is 19.1. The number of alkyl halides is 1. The van der Waals surface area contributed by atoms with Crippen LogP contribution < -0.4 is 0 Å². The Hall–Kier alpha value is -1.98. The van der Waals surface area contributed by atoms with E-state index in [1.165, 1.54) is 11.1 Å². The summed E-state index contributed by atoms with van der Waals surface area (Å²) >= 11 is 0. The number of carbonyl (C=O) groups is 1. The number of aliphatic hydroxyl groups excluding tert-OH is 2. The molecular weight excluding hydrogens is 407 g/mol. The molecule has 0 aliphatic heterocycles. The zero-order valence-corrected chi connectivity index (χ0v) is 19.2. The van der Waals surface area contributed by atoms with Crippen LogP contribution in [0, 0.1) is 17.8 Å². The zero-order chi connectivity index (χ0) is 23.1.